The quantitative estimate of drug-likeness (QED) is 0.387. The molecule has 0 aliphatic carbocycles. The number of nitro groups is 1. The number of aromatic amines is 2. The van der Waals surface area contributed by atoms with E-state index in [1.54, 1.807) is 48.5 Å². The van der Waals surface area contributed by atoms with Crippen molar-refractivity contribution in [3.63, 3.8) is 0 Å². The summed E-state index contributed by atoms with van der Waals surface area (Å²) in [6.07, 6.45) is 0. The van der Waals surface area contributed by atoms with Gasteiger partial charge in [-0.05, 0) is 63.2 Å². The lowest BCUT2D eigenvalue weighted by Crippen LogP contribution is -2.12. The van der Waals surface area contributed by atoms with Crippen molar-refractivity contribution < 1.29 is 27.8 Å². The number of nitrogens with zero attached hydrogens (tertiary/aromatic N) is 3. The highest BCUT2D eigenvalue weighted by Gasteiger charge is 2.27. The van der Waals surface area contributed by atoms with Crippen LogP contribution in [0.4, 0.5) is 10.2 Å². The zero-order valence-electron chi connectivity index (χ0n) is 15.8. The van der Waals surface area contributed by atoms with Gasteiger partial charge in [-0.3, -0.25) is 0 Å². The highest BCUT2D eigenvalue weighted by atomic mass is 19.1. The van der Waals surface area contributed by atoms with E-state index in [4.69, 9.17) is 0 Å². The van der Waals surface area contributed by atoms with Crippen molar-refractivity contribution in [2.45, 2.75) is 13.8 Å². The second kappa shape index (κ2) is 8.34. The third-order valence-electron chi connectivity index (χ3n) is 4.07. The van der Waals surface area contributed by atoms with Crippen LogP contribution >= 0.6 is 0 Å². The van der Waals surface area contributed by atoms with Crippen molar-refractivity contribution in [2.24, 2.45) is 0 Å². The fourth-order valence-corrected chi connectivity index (χ4v) is 2.54. The first-order valence-corrected chi connectivity index (χ1v) is 8.51. The number of benzene rings is 2. The average molecular weight is 417 g/mol. The topological polar surface area (TPSA) is 147 Å². The molecule has 0 amide bonds. The molecule has 30 heavy (non-hydrogen) atoms. The minimum Gasteiger partial charge on any atom is -0.358 e. The lowest BCUT2D eigenvalue weighted by atomic mass is 10.1. The Hall–Kier alpha value is -4.35. The van der Waals surface area contributed by atoms with Crippen LogP contribution in [-0.4, -0.2) is 15.2 Å². The van der Waals surface area contributed by atoms with Crippen LogP contribution < -0.4 is 9.20 Å². The summed E-state index contributed by atoms with van der Waals surface area (Å²) in [6, 6.07) is 13.7. The average Bonchev–Trinajstić information content (AvgIpc) is 3.26. The van der Waals surface area contributed by atoms with E-state index in [-0.39, 0.29) is 20.6 Å². The minimum absolute atomic E-state index is 0.0861. The van der Waals surface area contributed by atoms with E-state index < -0.39 is 16.7 Å². The molecule has 2 aromatic carbocycles. The van der Waals surface area contributed by atoms with Gasteiger partial charge in [0.15, 0.2) is 9.20 Å². The van der Waals surface area contributed by atoms with Crippen LogP contribution in [-0.2, 0) is 0 Å². The van der Waals surface area contributed by atoms with E-state index in [0.717, 1.165) is 11.1 Å². The van der Waals surface area contributed by atoms with E-state index in [2.05, 4.69) is 9.26 Å². The number of rotatable bonds is 3. The molecule has 0 spiro atoms. The molecule has 2 heterocycles. The largest absolute Gasteiger partial charge is 0.415 e. The summed E-state index contributed by atoms with van der Waals surface area (Å²) in [6.45, 7) is 3.79. The SMILES string of the molecule is Cc1ccc(-c2c(F)[nH]o[n+]2=O)cc1.Cc1ccc(-c2c([N+](=O)[O-])[nH]o[n+]2=O)cc1. The molecule has 4 aromatic rings. The zero-order valence-corrected chi connectivity index (χ0v) is 15.8. The van der Waals surface area contributed by atoms with Crippen molar-refractivity contribution in [3.05, 3.63) is 85.5 Å². The van der Waals surface area contributed by atoms with E-state index in [0.29, 0.717) is 11.1 Å². The molecular formula is C18H16FN5O6+2. The molecule has 11 nitrogen and oxygen atoms in total. The highest BCUT2D eigenvalue weighted by molar-refractivity contribution is 5.63. The molecule has 0 saturated heterocycles. The molecular weight excluding hydrogens is 401 g/mol. The van der Waals surface area contributed by atoms with Crippen molar-refractivity contribution in [1.29, 1.82) is 0 Å². The predicted molar refractivity (Wildman–Crippen MR) is 99.8 cm³/mol. The Labute approximate surface area is 166 Å². The van der Waals surface area contributed by atoms with E-state index in [9.17, 15) is 24.3 Å². The Kier molecular flexibility index (Phi) is 5.67. The first kappa shape index (κ1) is 20.4. The van der Waals surface area contributed by atoms with Gasteiger partial charge in [-0.15, -0.1) is 0 Å². The molecule has 2 N–H and O–H groups in total. The molecule has 2 aromatic heterocycles. The molecule has 0 aliphatic rings. The lowest BCUT2D eigenvalue weighted by Gasteiger charge is -1.94. The molecule has 0 aliphatic heterocycles. The number of hydrogen-bond acceptors (Lipinski definition) is 6. The molecule has 0 bridgehead atoms. The van der Waals surface area contributed by atoms with Gasteiger partial charge < -0.3 is 10.1 Å². The van der Waals surface area contributed by atoms with Gasteiger partial charge in [-0.2, -0.15) is 4.39 Å². The van der Waals surface area contributed by atoms with Gasteiger partial charge in [0, 0.05) is 11.1 Å². The van der Waals surface area contributed by atoms with Gasteiger partial charge in [-0.1, -0.05) is 44.7 Å². The monoisotopic (exact) mass is 417 g/mol. The van der Waals surface area contributed by atoms with Crippen molar-refractivity contribution in [2.75, 3.05) is 0 Å². The summed E-state index contributed by atoms with van der Waals surface area (Å²) in [5.74, 6) is -1.23. The van der Waals surface area contributed by atoms with Crippen molar-refractivity contribution in [1.82, 2.24) is 10.3 Å². The third-order valence-corrected chi connectivity index (χ3v) is 4.07. The fourth-order valence-electron chi connectivity index (χ4n) is 2.54. The Morgan fingerprint density at radius 1 is 0.833 bits per heavy atom. The number of nitrogens with one attached hydrogen (secondary N) is 2. The summed E-state index contributed by atoms with van der Waals surface area (Å²) in [7, 11) is 0. The van der Waals surface area contributed by atoms with Crippen LogP contribution in [0.5, 0.6) is 0 Å². The summed E-state index contributed by atoms with van der Waals surface area (Å²) >= 11 is 0. The molecule has 4 rings (SSSR count). The molecule has 0 fully saturated rings. The Morgan fingerprint density at radius 3 is 1.70 bits per heavy atom. The maximum atomic E-state index is 13.0. The van der Waals surface area contributed by atoms with Crippen LogP contribution in [0.15, 0.2) is 57.8 Å². The predicted octanol–water partition coefficient (Wildman–Crippen LogP) is 3.04. The summed E-state index contributed by atoms with van der Waals surface area (Å²) in [5, 5.41) is 14.5. The maximum Gasteiger partial charge on any atom is 0.415 e. The van der Waals surface area contributed by atoms with Crippen LogP contribution in [0.2, 0.25) is 0 Å². The Bertz CT molecular complexity index is 1280. The Balaban J connectivity index is 0.000000172. The van der Waals surface area contributed by atoms with Crippen LogP contribution in [0.25, 0.3) is 22.5 Å². The second-order valence-electron chi connectivity index (χ2n) is 6.25. The second-order valence-corrected chi connectivity index (χ2v) is 6.25. The first-order chi connectivity index (χ1) is 14.3. The van der Waals surface area contributed by atoms with Crippen molar-refractivity contribution >= 4 is 5.82 Å². The molecule has 154 valence electrons. The summed E-state index contributed by atoms with van der Waals surface area (Å²) in [4.78, 5) is 32.2. The number of aryl methyl sites for hydroxylation is 2. The highest BCUT2D eigenvalue weighted by Crippen LogP contribution is 2.23. The van der Waals surface area contributed by atoms with Gasteiger partial charge in [0.25, 0.3) is 0 Å². The first-order valence-electron chi connectivity index (χ1n) is 8.51. The van der Waals surface area contributed by atoms with Crippen LogP contribution in [0, 0.1) is 39.7 Å². The van der Waals surface area contributed by atoms with Gasteiger partial charge in [0.05, 0.1) is 0 Å². The van der Waals surface area contributed by atoms with E-state index >= 15 is 0 Å². The van der Waals surface area contributed by atoms with Gasteiger partial charge in [-0.25, -0.2) is 0 Å². The minimum atomic E-state index is -0.774. The summed E-state index contributed by atoms with van der Waals surface area (Å²) < 4.78 is 21.8. The van der Waals surface area contributed by atoms with Gasteiger partial charge in [0.2, 0.25) is 0 Å². The molecule has 0 atom stereocenters. The fraction of sp³-hybridized carbons (Fsp3) is 0.111. The number of H-pyrrole nitrogens is 2. The smallest absolute Gasteiger partial charge is 0.358 e. The van der Waals surface area contributed by atoms with Gasteiger partial charge in [0.1, 0.15) is 0 Å². The maximum absolute atomic E-state index is 13.0. The Morgan fingerprint density at radius 2 is 1.27 bits per heavy atom. The molecule has 12 heteroatoms. The normalized spacial score (nSPS) is 10.4. The third kappa shape index (κ3) is 4.22. The number of hydrogen-bond donors (Lipinski definition) is 2. The van der Waals surface area contributed by atoms with E-state index in [1.165, 1.54) is 0 Å². The molecule has 0 radical (unpaired) electrons. The lowest BCUT2D eigenvalue weighted by molar-refractivity contribution is -0.704. The number of aromatic nitrogens is 4. The van der Waals surface area contributed by atoms with Crippen molar-refractivity contribution in [3.8, 4) is 22.5 Å². The standard InChI is InChI=1S/C9H8FN2O2.C9H8N3O4/c1-6-2-4-7(5-3-6)8-9(10)11-14-12(8)13;1-6-2-4-7(5-3-6)8-9(11(13)14)10-16-12(8)15/h2-5,11H,1H3;2-5,10H,1H3/q2*+1. The zero-order chi connectivity index (χ0) is 21.8. The summed E-state index contributed by atoms with van der Waals surface area (Å²) in [5.41, 5.74) is 2.68. The van der Waals surface area contributed by atoms with Crippen LogP contribution in [0.3, 0.4) is 0 Å². The molecule has 0 saturated carbocycles. The van der Waals surface area contributed by atoms with Gasteiger partial charge >= 0.3 is 23.2 Å². The van der Waals surface area contributed by atoms with E-state index in [1.807, 2.05) is 24.2 Å². The molecule has 0 unspecified atom stereocenters. The number of halogens is 1. The van der Waals surface area contributed by atoms with Crippen LogP contribution in [0.1, 0.15) is 11.1 Å².